The van der Waals surface area contributed by atoms with Gasteiger partial charge in [0.2, 0.25) is 0 Å². The maximum absolute atomic E-state index is 13.2. The van der Waals surface area contributed by atoms with E-state index < -0.39 is 11.6 Å². The largest absolute Gasteiger partial charge is 0.486 e. The third-order valence-electron chi connectivity index (χ3n) is 2.62. The Morgan fingerprint density at radius 3 is 2.26 bits per heavy atom. The molecule has 2 nitrogen and oxygen atoms in total. The Morgan fingerprint density at radius 2 is 1.58 bits per heavy atom. The highest BCUT2D eigenvalue weighted by atomic mass is 19.1. The van der Waals surface area contributed by atoms with Crippen molar-refractivity contribution in [3.63, 3.8) is 0 Å². The minimum atomic E-state index is -0.678. The second kappa shape index (κ2) is 6.85. The zero-order valence-electron chi connectivity index (χ0n) is 10.4. The summed E-state index contributed by atoms with van der Waals surface area (Å²) in [4.78, 5) is 0. The fraction of sp³-hybridized carbons (Fsp3) is 0.200. The first-order valence-corrected chi connectivity index (χ1v) is 6.09. The lowest BCUT2D eigenvalue weighted by Crippen LogP contribution is -2.21. The van der Waals surface area contributed by atoms with Crippen molar-refractivity contribution < 1.29 is 13.5 Å². The van der Waals surface area contributed by atoms with Crippen molar-refractivity contribution in [3.05, 3.63) is 65.7 Å². The monoisotopic (exact) mass is 263 g/mol. The van der Waals surface area contributed by atoms with Gasteiger partial charge in [-0.25, -0.2) is 8.78 Å². The average molecular weight is 263 g/mol. The standard InChI is InChI=1S/C15H15F2NO/c16-13-7-4-8-14(17)15(13)19-10-9-18-11-12-5-2-1-3-6-12/h1-8,18H,9-11H2. The van der Waals surface area contributed by atoms with Crippen molar-refractivity contribution in [1.29, 1.82) is 0 Å². The van der Waals surface area contributed by atoms with Crippen LogP contribution in [0.5, 0.6) is 5.75 Å². The van der Waals surface area contributed by atoms with Crippen LogP contribution in [-0.4, -0.2) is 13.2 Å². The highest BCUT2D eigenvalue weighted by Crippen LogP contribution is 2.20. The molecule has 0 heterocycles. The summed E-state index contributed by atoms with van der Waals surface area (Å²) in [7, 11) is 0. The Kier molecular flexibility index (Phi) is 4.86. The van der Waals surface area contributed by atoms with Crippen LogP contribution in [0.15, 0.2) is 48.5 Å². The molecule has 100 valence electrons. The van der Waals surface area contributed by atoms with Gasteiger partial charge in [0.15, 0.2) is 17.4 Å². The van der Waals surface area contributed by atoms with Gasteiger partial charge in [0.25, 0.3) is 0 Å². The van der Waals surface area contributed by atoms with Gasteiger partial charge >= 0.3 is 0 Å². The Morgan fingerprint density at radius 1 is 0.895 bits per heavy atom. The first kappa shape index (κ1) is 13.5. The van der Waals surface area contributed by atoms with E-state index >= 15 is 0 Å². The quantitative estimate of drug-likeness (QED) is 0.808. The zero-order chi connectivity index (χ0) is 13.5. The minimum absolute atomic E-state index is 0.213. The lowest BCUT2D eigenvalue weighted by atomic mass is 10.2. The number of para-hydroxylation sites is 1. The van der Waals surface area contributed by atoms with Crippen LogP contribution < -0.4 is 10.1 Å². The highest BCUT2D eigenvalue weighted by Gasteiger charge is 2.08. The smallest absolute Gasteiger partial charge is 0.190 e. The number of rotatable bonds is 6. The fourth-order valence-corrected chi connectivity index (χ4v) is 1.67. The number of benzene rings is 2. The minimum Gasteiger partial charge on any atom is -0.486 e. The third kappa shape index (κ3) is 4.03. The summed E-state index contributed by atoms with van der Waals surface area (Å²) in [5.41, 5.74) is 1.15. The van der Waals surface area contributed by atoms with E-state index in [0.29, 0.717) is 13.1 Å². The molecule has 0 unspecified atom stereocenters. The van der Waals surface area contributed by atoms with Crippen LogP contribution in [-0.2, 0) is 6.54 Å². The molecule has 1 N–H and O–H groups in total. The summed E-state index contributed by atoms with van der Waals surface area (Å²) in [6, 6.07) is 13.5. The van der Waals surface area contributed by atoms with Gasteiger partial charge in [-0.1, -0.05) is 36.4 Å². The summed E-state index contributed by atoms with van der Waals surface area (Å²) < 4.78 is 31.6. The van der Waals surface area contributed by atoms with Gasteiger partial charge in [0.1, 0.15) is 6.61 Å². The second-order valence-corrected chi connectivity index (χ2v) is 4.06. The Hall–Kier alpha value is -1.94. The van der Waals surface area contributed by atoms with E-state index in [1.807, 2.05) is 30.3 Å². The van der Waals surface area contributed by atoms with E-state index in [9.17, 15) is 8.78 Å². The number of hydrogen-bond acceptors (Lipinski definition) is 2. The molecule has 0 aliphatic carbocycles. The van der Waals surface area contributed by atoms with Gasteiger partial charge in [0.05, 0.1) is 0 Å². The number of hydrogen-bond donors (Lipinski definition) is 1. The van der Waals surface area contributed by atoms with Crippen LogP contribution in [0.1, 0.15) is 5.56 Å². The van der Waals surface area contributed by atoms with Gasteiger partial charge < -0.3 is 10.1 Å². The molecular formula is C15H15F2NO. The summed E-state index contributed by atoms with van der Waals surface area (Å²) in [5, 5.41) is 3.14. The number of halogens is 2. The molecule has 0 aliphatic heterocycles. The lowest BCUT2D eigenvalue weighted by molar-refractivity contribution is 0.282. The van der Waals surface area contributed by atoms with Gasteiger partial charge in [-0.3, -0.25) is 0 Å². The van der Waals surface area contributed by atoms with Crippen LogP contribution in [0.2, 0.25) is 0 Å². The van der Waals surface area contributed by atoms with Gasteiger partial charge in [0, 0.05) is 13.1 Å². The summed E-state index contributed by atoms with van der Waals surface area (Å²) in [6.07, 6.45) is 0. The normalized spacial score (nSPS) is 10.4. The van der Waals surface area contributed by atoms with Crippen LogP contribution in [0.4, 0.5) is 8.78 Å². The second-order valence-electron chi connectivity index (χ2n) is 4.06. The Bertz CT molecular complexity index is 497. The predicted molar refractivity (Wildman–Crippen MR) is 70.0 cm³/mol. The lowest BCUT2D eigenvalue weighted by Gasteiger charge is -2.09. The van der Waals surface area contributed by atoms with Crippen molar-refractivity contribution in [3.8, 4) is 5.75 Å². The van der Waals surface area contributed by atoms with Gasteiger partial charge in [-0.15, -0.1) is 0 Å². The molecule has 0 radical (unpaired) electrons. The van der Waals surface area contributed by atoms with Crippen molar-refractivity contribution in [2.45, 2.75) is 6.54 Å². The Balaban J connectivity index is 1.73. The highest BCUT2D eigenvalue weighted by molar-refractivity contribution is 5.25. The van der Waals surface area contributed by atoms with Crippen LogP contribution >= 0.6 is 0 Å². The van der Waals surface area contributed by atoms with E-state index in [1.54, 1.807) is 0 Å². The molecule has 0 saturated heterocycles. The van der Waals surface area contributed by atoms with E-state index in [2.05, 4.69) is 5.32 Å². The SMILES string of the molecule is Fc1cccc(F)c1OCCNCc1ccccc1. The maximum atomic E-state index is 13.2. The summed E-state index contributed by atoms with van der Waals surface area (Å²) >= 11 is 0. The van der Waals surface area contributed by atoms with Crippen molar-refractivity contribution in [1.82, 2.24) is 5.32 Å². The maximum Gasteiger partial charge on any atom is 0.190 e. The Labute approximate surface area is 111 Å². The molecule has 0 atom stereocenters. The molecule has 0 aliphatic rings. The fourth-order valence-electron chi connectivity index (χ4n) is 1.67. The molecule has 0 saturated carbocycles. The molecule has 0 bridgehead atoms. The van der Waals surface area contributed by atoms with Crippen LogP contribution in [0, 0.1) is 11.6 Å². The molecular weight excluding hydrogens is 248 g/mol. The molecule has 2 aromatic rings. The van der Waals surface area contributed by atoms with Crippen molar-refractivity contribution in [2.75, 3.05) is 13.2 Å². The predicted octanol–water partition coefficient (Wildman–Crippen LogP) is 3.13. The van der Waals surface area contributed by atoms with E-state index in [-0.39, 0.29) is 12.4 Å². The number of ether oxygens (including phenoxy) is 1. The molecule has 0 spiro atoms. The van der Waals surface area contributed by atoms with E-state index in [0.717, 1.165) is 5.56 Å². The average Bonchev–Trinajstić information content (AvgIpc) is 2.42. The van der Waals surface area contributed by atoms with Crippen molar-refractivity contribution in [2.24, 2.45) is 0 Å². The van der Waals surface area contributed by atoms with E-state index in [1.165, 1.54) is 18.2 Å². The van der Waals surface area contributed by atoms with Crippen LogP contribution in [0.25, 0.3) is 0 Å². The first-order chi connectivity index (χ1) is 9.27. The third-order valence-corrected chi connectivity index (χ3v) is 2.62. The number of nitrogens with one attached hydrogen (secondary N) is 1. The topological polar surface area (TPSA) is 21.3 Å². The molecule has 2 rings (SSSR count). The molecule has 19 heavy (non-hydrogen) atoms. The first-order valence-electron chi connectivity index (χ1n) is 6.09. The molecule has 4 heteroatoms. The summed E-state index contributed by atoms with van der Waals surface area (Å²) in [6.45, 7) is 1.43. The molecule has 0 aromatic heterocycles. The summed E-state index contributed by atoms with van der Waals surface area (Å²) in [5.74, 6) is -1.67. The van der Waals surface area contributed by atoms with Crippen LogP contribution in [0.3, 0.4) is 0 Å². The molecule has 0 amide bonds. The van der Waals surface area contributed by atoms with Gasteiger partial charge in [-0.2, -0.15) is 0 Å². The molecule has 2 aromatic carbocycles. The van der Waals surface area contributed by atoms with Crippen molar-refractivity contribution >= 4 is 0 Å². The molecule has 0 fully saturated rings. The zero-order valence-corrected chi connectivity index (χ0v) is 10.4. The van der Waals surface area contributed by atoms with Gasteiger partial charge in [-0.05, 0) is 17.7 Å². The van der Waals surface area contributed by atoms with E-state index in [4.69, 9.17) is 4.74 Å².